The highest BCUT2D eigenvalue weighted by Gasteiger charge is 2.30. The predicted molar refractivity (Wildman–Crippen MR) is 77.9 cm³/mol. The minimum atomic E-state index is -3.49. The quantitative estimate of drug-likeness (QED) is 0.904. The molecular formula is C14H24N2O3S. The van der Waals surface area contributed by atoms with Gasteiger partial charge in [-0.05, 0) is 24.3 Å². The Morgan fingerprint density at radius 2 is 2.00 bits per heavy atom. The molecule has 0 aliphatic heterocycles. The van der Waals surface area contributed by atoms with Gasteiger partial charge in [0.15, 0.2) is 0 Å². The molecule has 6 heteroatoms. The Morgan fingerprint density at radius 3 is 2.45 bits per heavy atom. The fourth-order valence-electron chi connectivity index (χ4n) is 2.39. The largest absolute Gasteiger partial charge is 0.390 e. The zero-order valence-corrected chi connectivity index (χ0v) is 13.4. The zero-order valence-electron chi connectivity index (χ0n) is 12.6. The van der Waals surface area contributed by atoms with Crippen LogP contribution in [0.2, 0.25) is 0 Å². The maximum Gasteiger partial charge on any atom is 0.244 e. The summed E-state index contributed by atoms with van der Waals surface area (Å²) in [6.45, 7) is 6.35. The molecule has 5 nitrogen and oxygen atoms in total. The number of sulfonamides is 1. The van der Waals surface area contributed by atoms with Crippen LogP contribution in [0.15, 0.2) is 17.2 Å². The lowest BCUT2D eigenvalue weighted by Gasteiger charge is -2.25. The molecule has 1 fully saturated rings. The van der Waals surface area contributed by atoms with Gasteiger partial charge in [-0.15, -0.1) is 0 Å². The molecule has 0 spiro atoms. The van der Waals surface area contributed by atoms with Gasteiger partial charge in [-0.1, -0.05) is 20.8 Å². The standard InChI is InChI=1S/C14H24N2O3S/c1-14(2,3)10-15(4)20(18,19)13-7-12(9-17)16(8-13)11-5-6-11/h7-8,11,17H,5-6,9-10H2,1-4H3. The molecule has 0 radical (unpaired) electrons. The second-order valence-corrected chi connectivity index (χ2v) is 8.83. The molecule has 1 aliphatic carbocycles. The van der Waals surface area contributed by atoms with Gasteiger partial charge in [0.05, 0.1) is 6.61 Å². The molecule has 0 aromatic carbocycles. The van der Waals surface area contributed by atoms with E-state index >= 15 is 0 Å². The summed E-state index contributed by atoms with van der Waals surface area (Å²) in [5.74, 6) is 0. The van der Waals surface area contributed by atoms with E-state index in [0.29, 0.717) is 18.3 Å². The molecule has 0 unspecified atom stereocenters. The van der Waals surface area contributed by atoms with Crippen LogP contribution in [0.4, 0.5) is 0 Å². The summed E-state index contributed by atoms with van der Waals surface area (Å²) < 4.78 is 28.4. The Hall–Kier alpha value is -0.850. The molecule has 1 aliphatic rings. The van der Waals surface area contributed by atoms with Crippen molar-refractivity contribution in [2.75, 3.05) is 13.6 Å². The lowest BCUT2D eigenvalue weighted by Crippen LogP contribution is -2.34. The van der Waals surface area contributed by atoms with Gasteiger partial charge in [-0.3, -0.25) is 0 Å². The maximum atomic E-state index is 12.6. The highest BCUT2D eigenvalue weighted by molar-refractivity contribution is 7.89. The van der Waals surface area contributed by atoms with Gasteiger partial charge in [0.25, 0.3) is 0 Å². The Labute approximate surface area is 121 Å². The monoisotopic (exact) mass is 300 g/mol. The van der Waals surface area contributed by atoms with Crippen LogP contribution in [0, 0.1) is 5.41 Å². The van der Waals surface area contributed by atoms with Crippen LogP contribution < -0.4 is 0 Å². The van der Waals surface area contributed by atoms with Crippen molar-refractivity contribution in [2.45, 2.75) is 51.2 Å². The molecule has 2 rings (SSSR count). The molecule has 114 valence electrons. The number of aliphatic hydroxyl groups excluding tert-OH is 1. The van der Waals surface area contributed by atoms with Crippen molar-refractivity contribution in [1.82, 2.24) is 8.87 Å². The average Bonchev–Trinajstić information content (AvgIpc) is 3.05. The average molecular weight is 300 g/mol. The molecule has 1 aromatic heterocycles. The van der Waals surface area contributed by atoms with Crippen molar-refractivity contribution in [3.63, 3.8) is 0 Å². The molecule has 20 heavy (non-hydrogen) atoms. The summed E-state index contributed by atoms with van der Waals surface area (Å²) >= 11 is 0. The Kier molecular flexibility index (Phi) is 4.01. The SMILES string of the molecule is CN(CC(C)(C)C)S(=O)(=O)c1cc(CO)n(C2CC2)c1. The van der Waals surface area contributed by atoms with E-state index in [1.165, 1.54) is 4.31 Å². The number of aromatic nitrogens is 1. The summed E-state index contributed by atoms with van der Waals surface area (Å²) in [6.07, 6.45) is 3.77. The lowest BCUT2D eigenvalue weighted by atomic mass is 9.97. The number of hydrogen-bond donors (Lipinski definition) is 1. The van der Waals surface area contributed by atoms with Crippen LogP contribution >= 0.6 is 0 Å². The summed E-state index contributed by atoms with van der Waals surface area (Å²) in [5, 5.41) is 9.37. The van der Waals surface area contributed by atoms with Gasteiger partial charge in [-0.2, -0.15) is 0 Å². The van der Waals surface area contributed by atoms with Crippen LogP contribution in [0.5, 0.6) is 0 Å². The highest BCUT2D eigenvalue weighted by Crippen LogP contribution is 2.37. The van der Waals surface area contributed by atoms with Crippen molar-refractivity contribution in [2.24, 2.45) is 5.41 Å². The number of rotatable bonds is 5. The van der Waals surface area contributed by atoms with Gasteiger partial charge in [0.2, 0.25) is 10.0 Å². The van der Waals surface area contributed by atoms with Crippen molar-refractivity contribution in [3.8, 4) is 0 Å². The fraction of sp³-hybridized carbons (Fsp3) is 0.714. The topological polar surface area (TPSA) is 62.5 Å². The van der Waals surface area contributed by atoms with E-state index in [1.54, 1.807) is 19.3 Å². The highest BCUT2D eigenvalue weighted by atomic mass is 32.2. The van der Waals surface area contributed by atoms with Crippen LogP contribution in [-0.2, 0) is 16.6 Å². The van der Waals surface area contributed by atoms with Gasteiger partial charge in [-0.25, -0.2) is 12.7 Å². The molecule has 0 bridgehead atoms. The molecule has 0 atom stereocenters. The molecule has 1 N–H and O–H groups in total. The normalized spacial score (nSPS) is 16.9. The first-order chi connectivity index (χ1) is 9.15. The van der Waals surface area contributed by atoms with Crippen molar-refractivity contribution in [3.05, 3.63) is 18.0 Å². The van der Waals surface area contributed by atoms with E-state index in [4.69, 9.17) is 0 Å². The first kappa shape index (κ1) is 15.5. The first-order valence-electron chi connectivity index (χ1n) is 6.93. The lowest BCUT2D eigenvalue weighted by molar-refractivity contribution is 0.270. The molecule has 1 aromatic rings. The van der Waals surface area contributed by atoms with Crippen LogP contribution in [0.25, 0.3) is 0 Å². The van der Waals surface area contributed by atoms with Crippen molar-refractivity contribution >= 4 is 10.0 Å². The van der Waals surface area contributed by atoms with Crippen molar-refractivity contribution in [1.29, 1.82) is 0 Å². The van der Waals surface area contributed by atoms with Gasteiger partial charge in [0.1, 0.15) is 4.90 Å². The second-order valence-electron chi connectivity index (χ2n) is 6.79. The molecular weight excluding hydrogens is 276 g/mol. The minimum absolute atomic E-state index is 0.0965. The van der Waals surface area contributed by atoms with E-state index in [9.17, 15) is 13.5 Å². The van der Waals surface area contributed by atoms with Crippen LogP contribution in [0.3, 0.4) is 0 Å². The minimum Gasteiger partial charge on any atom is -0.390 e. The molecule has 1 saturated carbocycles. The fourth-order valence-corrected chi connectivity index (χ4v) is 3.84. The van der Waals surface area contributed by atoms with E-state index in [1.807, 2.05) is 25.3 Å². The smallest absolute Gasteiger partial charge is 0.244 e. The van der Waals surface area contributed by atoms with Crippen molar-refractivity contribution < 1.29 is 13.5 Å². The summed E-state index contributed by atoms with van der Waals surface area (Å²) in [7, 11) is -1.88. The van der Waals surface area contributed by atoms with Gasteiger partial charge in [0, 0.05) is 31.5 Å². The number of nitrogens with zero attached hydrogens (tertiary/aromatic N) is 2. The molecule has 0 amide bonds. The van der Waals surface area contributed by atoms with Gasteiger partial charge >= 0.3 is 0 Å². The summed E-state index contributed by atoms with van der Waals surface area (Å²) in [4.78, 5) is 0.278. The summed E-state index contributed by atoms with van der Waals surface area (Å²) in [5.41, 5.74) is 0.580. The second kappa shape index (κ2) is 5.16. The Morgan fingerprint density at radius 1 is 1.40 bits per heavy atom. The number of hydrogen-bond acceptors (Lipinski definition) is 3. The zero-order chi connectivity index (χ0) is 15.1. The van der Waals surface area contributed by atoms with E-state index in [2.05, 4.69) is 0 Å². The first-order valence-corrected chi connectivity index (χ1v) is 8.37. The third-order valence-electron chi connectivity index (χ3n) is 3.41. The van der Waals surface area contributed by atoms with E-state index in [-0.39, 0.29) is 16.9 Å². The maximum absolute atomic E-state index is 12.6. The Balaban J connectivity index is 2.29. The van der Waals surface area contributed by atoms with Crippen LogP contribution in [-0.4, -0.2) is 36.0 Å². The third kappa shape index (κ3) is 3.24. The molecule has 0 saturated heterocycles. The Bertz CT molecular complexity index is 580. The summed E-state index contributed by atoms with van der Waals surface area (Å²) in [6, 6.07) is 1.95. The predicted octanol–water partition coefficient (Wildman–Crippen LogP) is 1.98. The molecule has 1 heterocycles. The van der Waals surface area contributed by atoms with E-state index < -0.39 is 10.0 Å². The van der Waals surface area contributed by atoms with E-state index in [0.717, 1.165) is 12.8 Å². The van der Waals surface area contributed by atoms with Crippen LogP contribution in [0.1, 0.15) is 45.3 Å². The third-order valence-corrected chi connectivity index (χ3v) is 5.18. The van der Waals surface area contributed by atoms with Gasteiger partial charge < -0.3 is 9.67 Å². The number of aliphatic hydroxyl groups is 1.